The first-order valence-electron chi connectivity index (χ1n) is 6.16. The van der Waals surface area contributed by atoms with Gasteiger partial charge < -0.3 is 15.0 Å². The van der Waals surface area contributed by atoms with Crippen LogP contribution in [0.25, 0.3) is 0 Å². The molecular weight excluding hydrogens is 264 g/mol. The van der Waals surface area contributed by atoms with E-state index in [1.165, 1.54) is 0 Å². The van der Waals surface area contributed by atoms with Crippen LogP contribution in [0.5, 0.6) is 0 Å². The van der Waals surface area contributed by atoms with Crippen LogP contribution in [0, 0.1) is 12.8 Å². The summed E-state index contributed by atoms with van der Waals surface area (Å²) >= 11 is 1.61. The molecule has 0 aliphatic heterocycles. The summed E-state index contributed by atoms with van der Waals surface area (Å²) in [4.78, 5) is 26.7. The van der Waals surface area contributed by atoms with Crippen molar-refractivity contribution < 1.29 is 14.3 Å². The van der Waals surface area contributed by atoms with Gasteiger partial charge in [-0.1, -0.05) is 6.92 Å². The lowest BCUT2D eigenvalue weighted by molar-refractivity contribution is -0.118. The fourth-order valence-electron chi connectivity index (χ4n) is 1.67. The van der Waals surface area contributed by atoms with Crippen molar-refractivity contribution in [2.45, 2.75) is 20.8 Å². The molecule has 0 radical (unpaired) electrons. The van der Waals surface area contributed by atoms with Gasteiger partial charge in [0.15, 0.2) is 0 Å². The van der Waals surface area contributed by atoms with Crippen LogP contribution in [0.4, 0.5) is 5.69 Å². The van der Waals surface area contributed by atoms with Gasteiger partial charge in [0.25, 0.3) is 0 Å². The summed E-state index contributed by atoms with van der Waals surface area (Å²) < 4.78 is 4.98. The van der Waals surface area contributed by atoms with Gasteiger partial charge in [-0.2, -0.15) is 11.8 Å². The second-order valence-corrected chi connectivity index (χ2v) is 5.18. The number of H-pyrrole nitrogens is 1. The van der Waals surface area contributed by atoms with Crippen LogP contribution >= 0.6 is 11.8 Å². The van der Waals surface area contributed by atoms with Crippen LogP contribution in [0.3, 0.4) is 0 Å². The van der Waals surface area contributed by atoms with Crippen molar-refractivity contribution in [2.24, 2.45) is 5.92 Å². The molecule has 19 heavy (non-hydrogen) atoms. The van der Waals surface area contributed by atoms with Crippen LogP contribution in [0.1, 0.15) is 29.9 Å². The quantitative estimate of drug-likeness (QED) is 0.787. The summed E-state index contributed by atoms with van der Waals surface area (Å²) in [6, 6.07) is 0. The van der Waals surface area contributed by atoms with Gasteiger partial charge in [-0.15, -0.1) is 0 Å². The fraction of sp³-hybridized carbons (Fsp3) is 0.538. The number of aromatic amines is 1. The zero-order valence-corrected chi connectivity index (χ0v) is 12.5. The Morgan fingerprint density at radius 1 is 1.53 bits per heavy atom. The van der Waals surface area contributed by atoms with Crippen LogP contribution in [0.15, 0.2) is 6.20 Å². The van der Waals surface area contributed by atoms with E-state index in [1.54, 1.807) is 31.8 Å². The highest BCUT2D eigenvalue weighted by molar-refractivity contribution is 7.98. The number of esters is 1. The number of aromatic nitrogens is 1. The van der Waals surface area contributed by atoms with Gasteiger partial charge in [-0.05, 0) is 20.1 Å². The predicted molar refractivity (Wildman–Crippen MR) is 77.7 cm³/mol. The van der Waals surface area contributed by atoms with E-state index in [0.29, 0.717) is 23.6 Å². The molecule has 6 heteroatoms. The van der Waals surface area contributed by atoms with Crippen molar-refractivity contribution in [3.8, 4) is 0 Å². The van der Waals surface area contributed by atoms with Crippen molar-refractivity contribution >= 4 is 29.3 Å². The lowest BCUT2D eigenvalue weighted by atomic mass is 10.2. The summed E-state index contributed by atoms with van der Waals surface area (Å²) in [6.45, 7) is 5.68. The van der Waals surface area contributed by atoms with Gasteiger partial charge in [-0.3, -0.25) is 4.79 Å². The highest BCUT2D eigenvalue weighted by Crippen LogP contribution is 2.21. The smallest absolute Gasteiger partial charge is 0.342 e. The van der Waals surface area contributed by atoms with E-state index in [2.05, 4.69) is 10.3 Å². The van der Waals surface area contributed by atoms with E-state index in [4.69, 9.17) is 4.74 Å². The molecule has 0 spiro atoms. The van der Waals surface area contributed by atoms with Gasteiger partial charge in [0.1, 0.15) is 5.56 Å². The van der Waals surface area contributed by atoms with E-state index in [0.717, 1.165) is 5.75 Å². The Bertz CT molecular complexity index is 457. The Morgan fingerprint density at radius 3 is 2.79 bits per heavy atom. The molecule has 1 unspecified atom stereocenters. The highest BCUT2D eigenvalue weighted by atomic mass is 32.2. The second-order valence-electron chi connectivity index (χ2n) is 4.27. The van der Waals surface area contributed by atoms with Gasteiger partial charge >= 0.3 is 5.97 Å². The maximum Gasteiger partial charge on any atom is 0.342 e. The number of amides is 1. The average Bonchev–Trinajstić information content (AvgIpc) is 2.71. The highest BCUT2D eigenvalue weighted by Gasteiger charge is 2.21. The molecule has 1 atom stereocenters. The van der Waals surface area contributed by atoms with Gasteiger partial charge in [0.05, 0.1) is 12.3 Å². The predicted octanol–water partition coefficient (Wildman–Crippen LogP) is 2.44. The van der Waals surface area contributed by atoms with Crippen LogP contribution in [-0.4, -0.2) is 35.5 Å². The Morgan fingerprint density at radius 2 is 2.21 bits per heavy atom. The topological polar surface area (TPSA) is 71.2 Å². The number of hydrogen-bond donors (Lipinski definition) is 2. The first kappa shape index (κ1) is 15.6. The molecule has 0 aromatic carbocycles. The Hall–Kier alpha value is -1.43. The zero-order valence-electron chi connectivity index (χ0n) is 11.7. The SMILES string of the molecule is CCOC(=O)c1c(NC(=O)C(C)CSC)c[nH]c1C. The van der Waals surface area contributed by atoms with Crippen molar-refractivity contribution in [3.63, 3.8) is 0 Å². The van der Waals surface area contributed by atoms with Gasteiger partial charge in [0.2, 0.25) is 5.91 Å². The number of rotatable bonds is 6. The summed E-state index contributed by atoms with van der Waals surface area (Å²) in [7, 11) is 0. The maximum absolute atomic E-state index is 12.0. The molecule has 0 aliphatic rings. The number of ether oxygens (including phenoxy) is 1. The Kier molecular flexibility index (Phi) is 5.95. The van der Waals surface area contributed by atoms with E-state index >= 15 is 0 Å². The molecule has 1 rings (SSSR count). The van der Waals surface area contributed by atoms with E-state index in [1.807, 2.05) is 13.2 Å². The number of hydrogen-bond acceptors (Lipinski definition) is 4. The summed E-state index contributed by atoms with van der Waals surface area (Å²) in [6.07, 6.45) is 3.57. The first-order chi connectivity index (χ1) is 9.01. The van der Waals surface area contributed by atoms with Crippen molar-refractivity contribution in [2.75, 3.05) is 23.9 Å². The van der Waals surface area contributed by atoms with E-state index < -0.39 is 5.97 Å². The lowest BCUT2D eigenvalue weighted by Gasteiger charge is -2.11. The molecule has 0 aliphatic carbocycles. The molecule has 1 aromatic heterocycles. The second kappa shape index (κ2) is 7.23. The number of thioether (sulfide) groups is 1. The van der Waals surface area contributed by atoms with Crippen LogP contribution < -0.4 is 5.32 Å². The molecule has 0 saturated carbocycles. The first-order valence-corrected chi connectivity index (χ1v) is 7.55. The average molecular weight is 284 g/mol. The lowest BCUT2D eigenvalue weighted by Crippen LogP contribution is -2.23. The Labute approximate surface area is 117 Å². The number of anilines is 1. The molecule has 1 amide bonds. The van der Waals surface area contributed by atoms with Crippen molar-refractivity contribution in [3.05, 3.63) is 17.5 Å². The molecule has 1 heterocycles. The zero-order chi connectivity index (χ0) is 14.4. The maximum atomic E-state index is 12.0. The largest absolute Gasteiger partial charge is 0.462 e. The monoisotopic (exact) mass is 284 g/mol. The molecule has 0 saturated heterocycles. The molecule has 106 valence electrons. The third-order valence-electron chi connectivity index (χ3n) is 2.68. The van der Waals surface area contributed by atoms with Gasteiger partial charge in [0, 0.05) is 23.6 Å². The molecule has 0 bridgehead atoms. The van der Waals surface area contributed by atoms with E-state index in [9.17, 15) is 9.59 Å². The Balaban J connectivity index is 2.84. The molecular formula is C13H20N2O3S. The third-order valence-corrected chi connectivity index (χ3v) is 3.51. The minimum atomic E-state index is -0.422. The minimum Gasteiger partial charge on any atom is -0.462 e. The minimum absolute atomic E-state index is 0.0982. The number of carbonyl (C=O) groups excluding carboxylic acids is 2. The third kappa shape index (κ3) is 4.02. The molecule has 1 aromatic rings. The number of aryl methyl sites for hydroxylation is 1. The van der Waals surface area contributed by atoms with Crippen LogP contribution in [-0.2, 0) is 9.53 Å². The van der Waals surface area contributed by atoms with Gasteiger partial charge in [-0.25, -0.2) is 4.79 Å². The fourth-order valence-corrected chi connectivity index (χ4v) is 2.32. The summed E-state index contributed by atoms with van der Waals surface area (Å²) in [5.41, 5.74) is 1.56. The molecule has 0 fully saturated rings. The van der Waals surface area contributed by atoms with Crippen molar-refractivity contribution in [1.29, 1.82) is 0 Å². The normalized spacial score (nSPS) is 12.0. The van der Waals surface area contributed by atoms with E-state index in [-0.39, 0.29) is 11.8 Å². The standard InChI is InChI=1S/C13H20N2O3S/c1-5-18-13(17)11-9(3)14-6-10(11)15-12(16)8(2)7-19-4/h6,8,14H,5,7H2,1-4H3,(H,15,16). The summed E-state index contributed by atoms with van der Waals surface area (Å²) in [5, 5.41) is 2.77. The van der Waals surface area contributed by atoms with Crippen molar-refractivity contribution in [1.82, 2.24) is 4.98 Å². The van der Waals surface area contributed by atoms with Crippen LogP contribution in [0.2, 0.25) is 0 Å². The number of nitrogens with one attached hydrogen (secondary N) is 2. The molecule has 2 N–H and O–H groups in total. The molecule has 5 nitrogen and oxygen atoms in total. The summed E-state index contributed by atoms with van der Waals surface area (Å²) in [5.74, 6) is 0.109. The number of carbonyl (C=O) groups is 2.